The lowest BCUT2D eigenvalue weighted by atomic mass is 10.2. The Bertz CT molecular complexity index is 1350. The molecule has 0 atom stereocenters. The van der Waals surface area contributed by atoms with Crippen LogP contribution in [0.25, 0.3) is 16.9 Å². The van der Waals surface area contributed by atoms with E-state index in [1.165, 1.54) is 30.6 Å². The normalized spacial score (nSPS) is 13.6. The molecule has 2 aromatic carbocycles. The number of ether oxygens (including phenoxy) is 1. The predicted octanol–water partition coefficient (Wildman–Crippen LogP) is 3.51. The molecule has 0 bridgehead atoms. The molecule has 36 heavy (non-hydrogen) atoms. The number of carbonyl (C=O) groups excluding carboxylic acids is 1. The van der Waals surface area contributed by atoms with E-state index >= 15 is 0 Å². The van der Waals surface area contributed by atoms with Crippen molar-refractivity contribution in [3.63, 3.8) is 0 Å². The van der Waals surface area contributed by atoms with E-state index in [1.54, 1.807) is 53.1 Å². The Morgan fingerprint density at radius 3 is 2.28 bits per heavy atom. The summed E-state index contributed by atoms with van der Waals surface area (Å²) in [6.07, 6.45) is 3.31. The molecule has 184 valence electrons. The monoisotopic (exact) mass is 490 g/mol. The molecular formula is C26H24F2N6O2. The molecule has 0 spiro atoms. The Morgan fingerprint density at radius 2 is 1.61 bits per heavy atom. The van der Waals surface area contributed by atoms with E-state index in [0.717, 1.165) is 11.4 Å². The number of nitrogens with zero attached hydrogens (tertiary/aromatic N) is 6. The molecule has 0 unspecified atom stereocenters. The number of hydrogen-bond acceptors (Lipinski definition) is 6. The lowest BCUT2D eigenvalue weighted by molar-refractivity contribution is -0.130. The quantitative estimate of drug-likeness (QED) is 0.412. The van der Waals surface area contributed by atoms with E-state index in [4.69, 9.17) is 4.74 Å². The zero-order valence-electron chi connectivity index (χ0n) is 19.6. The number of carbonyl (C=O) groups is 1. The molecule has 4 aromatic rings. The molecule has 1 aliphatic heterocycles. The van der Waals surface area contributed by atoms with Crippen LogP contribution in [0.1, 0.15) is 5.82 Å². The van der Waals surface area contributed by atoms with E-state index in [9.17, 15) is 13.6 Å². The van der Waals surface area contributed by atoms with Crippen LogP contribution >= 0.6 is 0 Å². The first-order chi connectivity index (χ1) is 17.5. The van der Waals surface area contributed by atoms with Crippen LogP contribution in [0.15, 0.2) is 67.1 Å². The first-order valence-electron chi connectivity index (χ1n) is 11.5. The van der Waals surface area contributed by atoms with E-state index < -0.39 is 0 Å². The van der Waals surface area contributed by atoms with Crippen molar-refractivity contribution >= 4 is 11.7 Å². The molecule has 1 amide bonds. The Balaban J connectivity index is 1.34. The van der Waals surface area contributed by atoms with Gasteiger partial charge in [-0.2, -0.15) is 0 Å². The van der Waals surface area contributed by atoms with Gasteiger partial charge in [-0.1, -0.05) is 0 Å². The maximum absolute atomic E-state index is 13.5. The summed E-state index contributed by atoms with van der Waals surface area (Å²) in [5, 5.41) is 0. The summed E-state index contributed by atoms with van der Waals surface area (Å²) in [7, 11) is 1.56. The van der Waals surface area contributed by atoms with Gasteiger partial charge >= 0.3 is 0 Å². The van der Waals surface area contributed by atoms with Crippen molar-refractivity contribution in [3.8, 4) is 22.8 Å². The second-order valence-electron chi connectivity index (χ2n) is 8.36. The smallest absolute Gasteiger partial charge is 0.230 e. The Kier molecular flexibility index (Phi) is 6.57. The average Bonchev–Trinajstić information content (AvgIpc) is 3.33. The molecule has 1 saturated heterocycles. The molecule has 0 saturated carbocycles. The number of amides is 1. The highest BCUT2D eigenvalue weighted by Gasteiger charge is 2.24. The minimum absolute atomic E-state index is 0.0606. The van der Waals surface area contributed by atoms with E-state index in [1.807, 2.05) is 0 Å². The zero-order chi connectivity index (χ0) is 25.1. The number of halogens is 2. The van der Waals surface area contributed by atoms with E-state index in [-0.39, 0.29) is 24.0 Å². The summed E-state index contributed by atoms with van der Waals surface area (Å²) < 4.78 is 33.9. The van der Waals surface area contributed by atoms with Gasteiger partial charge in [-0.15, -0.1) is 0 Å². The van der Waals surface area contributed by atoms with Crippen molar-refractivity contribution in [1.82, 2.24) is 24.4 Å². The highest BCUT2D eigenvalue weighted by molar-refractivity contribution is 5.79. The van der Waals surface area contributed by atoms with Crippen molar-refractivity contribution in [2.24, 2.45) is 0 Å². The van der Waals surface area contributed by atoms with Crippen LogP contribution in [0, 0.1) is 11.6 Å². The van der Waals surface area contributed by atoms with Crippen molar-refractivity contribution in [2.75, 3.05) is 38.2 Å². The number of rotatable bonds is 6. The SMILES string of the molecule is COc1cc(N2CCN(C(=O)Cc3nc(-c4ccc(F)cc4)cn3-c3ccc(F)cc3)CC2)ncn1. The van der Waals surface area contributed by atoms with Gasteiger partial charge in [0.2, 0.25) is 11.8 Å². The van der Waals surface area contributed by atoms with Crippen LogP contribution in [0.4, 0.5) is 14.6 Å². The molecule has 2 aromatic heterocycles. The molecule has 8 nitrogen and oxygen atoms in total. The van der Waals surface area contributed by atoms with Gasteiger partial charge in [0.25, 0.3) is 0 Å². The largest absolute Gasteiger partial charge is 0.481 e. The number of benzene rings is 2. The fourth-order valence-corrected chi connectivity index (χ4v) is 4.17. The number of piperazine rings is 1. The van der Waals surface area contributed by atoms with Gasteiger partial charge in [-0.25, -0.2) is 23.7 Å². The number of hydrogen-bond donors (Lipinski definition) is 0. The molecule has 1 aliphatic rings. The minimum atomic E-state index is -0.352. The lowest BCUT2D eigenvalue weighted by Gasteiger charge is -2.35. The number of imidazole rings is 1. The number of aromatic nitrogens is 4. The van der Waals surface area contributed by atoms with E-state index in [0.29, 0.717) is 49.3 Å². The molecule has 0 aliphatic carbocycles. The number of anilines is 1. The van der Waals surface area contributed by atoms with Crippen molar-refractivity contribution in [2.45, 2.75) is 6.42 Å². The minimum Gasteiger partial charge on any atom is -0.481 e. The molecule has 3 heterocycles. The average molecular weight is 491 g/mol. The summed E-state index contributed by atoms with van der Waals surface area (Å²) in [4.78, 5) is 30.1. The van der Waals surface area contributed by atoms with Gasteiger partial charge in [0.05, 0.1) is 19.2 Å². The summed E-state index contributed by atoms with van der Waals surface area (Å²) in [6, 6.07) is 13.8. The maximum Gasteiger partial charge on any atom is 0.230 e. The third kappa shape index (κ3) is 5.02. The van der Waals surface area contributed by atoms with E-state index in [2.05, 4.69) is 19.9 Å². The lowest BCUT2D eigenvalue weighted by Crippen LogP contribution is -2.49. The third-order valence-electron chi connectivity index (χ3n) is 6.13. The Labute approximate surface area is 206 Å². The molecule has 0 N–H and O–H groups in total. The zero-order valence-corrected chi connectivity index (χ0v) is 19.6. The molecule has 0 radical (unpaired) electrons. The highest BCUT2D eigenvalue weighted by Crippen LogP contribution is 2.24. The first-order valence-corrected chi connectivity index (χ1v) is 11.5. The number of methoxy groups -OCH3 is 1. The fraction of sp³-hybridized carbons (Fsp3) is 0.231. The second-order valence-corrected chi connectivity index (χ2v) is 8.36. The topological polar surface area (TPSA) is 76.4 Å². The van der Waals surface area contributed by atoms with Crippen LogP contribution in [-0.2, 0) is 11.2 Å². The summed E-state index contributed by atoms with van der Waals surface area (Å²) in [5.74, 6) is 1.01. The Hall–Kier alpha value is -4.34. The van der Waals surface area contributed by atoms with Gasteiger partial charge in [-0.05, 0) is 48.5 Å². The standard InChI is InChI=1S/C26H24F2N6O2/c1-36-25-14-23(29-17-30-25)32-10-12-33(13-11-32)26(35)15-24-31-22(18-2-4-19(27)5-3-18)16-34(24)21-8-6-20(28)7-9-21/h2-9,14,16-17H,10-13,15H2,1H3. The molecular weight excluding hydrogens is 466 g/mol. The van der Waals surface area contributed by atoms with Gasteiger partial charge in [0, 0.05) is 49.7 Å². The van der Waals surface area contributed by atoms with Gasteiger partial charge < -0.3 is 19.1 Å². The Morgan fingerprint density at radius 1 is 0.944 bits per heavy atom. The molecule has 5 rings (SSSR count). The van der Waals surface area contributed by atoms with Gasteiger partial charge in [0.15, 0.2) is 0 Å². The van der Waals surface area contributed by atoms with Crippen LogP contribution in [0.2, 0.25) is 0 Å². The van der Waals surface area contributed by atoms with Gasteiger partial charge in [0.1, 0.15) is 29.6 Å². The van der Waals surface area contributed by atoms with Crippen LogP contribution in [-0.4, -0.2) is 63.6 Å². The molecule has 1 fully saturated rings. The second kappa shape index (κ2) is 10.1. The van der Waals surface area contributed by atoms with Crippen LogP contribution in [0.5, 0.6) is 5.88 Å². The van der Waals surface area contributed by atoms with Crippen molar-refractivity contribution in [3.05, 3.63) is 84.6 Å². The third-order valence-corrected chi connectivity index (χ3v) is 6.13. The fourth-order valence-electron chi connectivity index (χ4n) is 4.17. The van der Waals surface area contributed by atoms with Crippen LogP contribution < -0.4 is 9.64 Å². The summed E-state index contributed by atoms with van der Waals surface area (Å²) >= 11 is 0. The molecule has 10 heteroatoms. The van der Waals surface area contributed by atoms with Crippen molar-refractivity contribution in [1.29, 1.82) is 0 Å². The maximum atomic E-state index is 13.5. The van der Waals surface area contributed by atoms with Gasteiger partial charge in [-0.3, -0.25) is 4.79 Å². The highest BCUT2D eigenvalue weighted by atomic mass is 19.1. The van der Waals surface area contributed by atoms with Crippen molar-refractivity contribution < 1.29 is 18.3 Å². The summed E-state index contributed by atoms with van der Waals surface area (Å²) in [6.45, 7) is 2.32. The van der Waals surface area contributed by atoms with Crippen LogP contribution in [0.3, 0.4) is 0 Å². The summed E-state index contributed by atoms with van der Waals surface area (Å²) in [5.41, 5.74) is 2.01. The first kappa shape index (κ1) is 23.4. The predicted molar refractivity (Wildman–Crippen MR) is 130 cm³/mol.